The van der Waals surface area contributed by atoms with Crippen molar-refractivity contribution in [2.24, 2.45) is 0 Å². The Kier molecular flexibility index (Phi) is 4.73. The van der Waals surface area contributed by atoms with Crippen LogP contribution in [0.15, 0.2) is 6.07 Å². The first-order valence-electron chi connectivity index (χ1n) is 8.36. The van der Waals surface area contributed by atoms with Crippen molar-refractivity contribution in [2.45, 2.75) is 64.7 Å². The van der Waals surface area contributed by atoms with Crippen molar-refractivity contribution < 1.29 is 0 Å². The molecule has 1 N–H and O–H groups in total. The second kappa shape index (κ2) is 6.73. The standard InChI is InChI=1S/C17H25N3S/c1-3-10-18-16-14-11-13(4-2)21-17(14)20-15(19-16)12-8-6-5-7-9-12/h11-12H,3-10H2,1-2H3,(H,18,19,20). The van der Waals surface area contributed by atoms with Gasteiger partial charge in [-0.15, -0.1) is 11.3 Å². The van der Waals surface area contributed by atoms with E-state index < -0.39 is 0 Å². The molecule has 3 nitrogen and oxygen atoms in total. The summed E-state index contributed by atoms with van der Waals surface area (Å²) in [5.41, 5.74) is 0. The third-order valence-corrected chi connectivity index (χ3v) is 5.50. The van der Waals surface area contributed by atoms with Crippen LogP contribution < -0.4 is 5.32 Å². The Bertz CT molecular complexity index is 599. The zero-order valence-electron chi connectivity index (χ0n) is 13.1. The number of hydrogen-bond acceptors (Lipinski definition) is 4. The number of aryl methyl sites for hydroxylation is 1. The summed E-state index contributed by atoms with van der Waals surface area (Å²) in [5.74, 6) is 2.70. The van der Waals surface area contributed by atoms with Crippen LogP contribution in [0, 0.1) is 0 Å². The zero-order valence-corrected chi connectivity index (χ0v) is 13.9. The van der Waals surface area contributed by atoms with E-state index in [1.54, 1.807) is 0 Å². The molecule has 0 spiro atoms. The fourth-order valence-corrected chi connectivity index (χ4v) is 4.06. The van der Waals surface area contributed by atoms with Crippen LogP contribution in [0.3, 0.4) is 0 Å². The molecule has 0 saturated heterocycles. The Morgan fingerprint density at radius 1 is 1.19 bits per heavy atom. The first kappa shape index (κ1) is 14.8. The van der Waals surface area contributed by atoms with Crippen molar-refractivity contribution >= 4 is 27.4 Å². The highest BCUT2D eigenvalue weighted by Gasteiger charge is 2.20. The highest BCUT2D eigenvalue weighted by Crippen LogP contribution is 2.35. The minimum atomic E-state index is 0.567. The van der Waals surface area contributed by atoms with E-state index in [1.807, 2.05) is 11.3 Å². The first-order chi connectivity index (χ1) is 10.3. The second-order valence-electron chi connectivity index (χ2n) is 5.98. The van der Waals surface area contributed by atoms with Gasteiger partial charge in [0.1, 0.15) is 16.5 Å². The molecule has 0 aromatic carbocycles. The molecule has 0 radical (unpaired) electrons. The van der Waals surface area contributed by atoms with Crippen molar-refractivity contribution in [1.82, 2.24) is 9.97 Å². The van der Waals surface area contributed by atoms with Crippen LogP contribution in [0.25, 0.3) is 10.2 Å². The van der Waals surface area contributed by atoms with Gasteiger partial charge in [0.2, 0.25) is 0 Å². The van der Waals surface area contributed by atoms with E-state index in [0.29, 0.717) is 5.92 Å². The van der Waals surface area contributed by atoms with Gasteiger partial charge in [0.25, 0.3) is 0 Å². The van der Waals surface area contributed by atoms with Crippen LogP contribution in [0.2, 0.25) is 0 Å². The molecular weight excluding hydrogens is 278 g/mol. The van der Waals surface area contributed by atoms with E-state index in [2.05, 4.69) is 25.2 Å². The van der Waals surface area contributed by atoms with Crippen LogP contribution in [0.4, 0.5) is 5.82 Å². The normalized spacial score (nSPS) is 16.5. The average Bonchev–Trinajstić information content (AvgIpc) is 2.96. The molecule has 4 heteroatoms. The SMILES string of the molecule is CCCNc1nc(C2CCCCC2)nc2sc(CC)cc12. The predicted molar refractivity (Wildman–Crippen MR) is 91.4 cm³/mol. The largest absolute Gasteiger partial charge is 0.369 e. The maximum absolute atomic E-state index is 4.90. The third kappa shape index (κ3) is 3.20. The van der Waals surface area contributed by atoms with Crippen molar-refractivity contribution in [1.29, 1.82) is 0 Å². The van der Waals surface area contributed by atoms with Gasteiger partial charge < -0.3 is 5.32 Å². The van der Waals surface area contributed by atoms with Crippen molar-refractivity contribution in [3.05, 3.63) is 16.8 Å². The molecule has 1 fully saturated rings. The van der Waals surface area contributed by atoms with Gasteiger partial charge in [0, 0.05) is 17.3 Å². The van der Waals surface area contributed by atoms with Gasteiger partial charge in [-0.2, -0.15) is 0 Å². The summed E-state index contributed by atoms with van der Waals surface area (Å²) >= 11 is 1.83. The smallest absolute Gasteiger partial charge is 0.138 e. The first-order valence-corrected chi connectivity index (χ1v) is 9.17. The zero-order chi connectivity index (χ0) is 14.7. The van der Waals surface area contributed by atoms with Crippen molar-refractivity contribution in [3.8, 4) is 0 Å². The number of anilines is 1. The minimum Gasteiger partial charge on any atom is -0.369 e. The number of hydrogen-bond donors (Lipinski definition) is 1. The summed E-state index contributed by atoms with van der Waals surface area (Å²) in [6.45, 7) is 5.38. The van der Waals surface area contributed by atoms with Crippen LogP contribution in [-0.4, -0.2) is 16.5 Å². The van der Waals surface area contributed by atoms with E-state index in [4.69, 9.17) is 9.97 Å². The molecule has 2 aromatic heterocycles. The summed E-state index contributed by atoms with van der Waals surface area (Å²) in [5, 5.41) is 4.72. The van der Waals surface area contributed by atoms with E-state index in [1.165, 1.54) is 47.2 Å². The van der Waals surface area contributed by atoms with E-state index in [9.17, 15) is 0 Å². The molecule has 114 valence electrons. The Morgan fingerprint density at radius 3 is 2.71 bits per heavy atom. The van der Waals surface area contributed by atoms with Gasteiger partial charge in [-0.25, -0.2) is 9.97 Å². The lowest BCUT2D eigenvalue weighted by atomic mass is 9.89. The molecule has 1 aliphatic carbocycles. The lowest BCUT2D eigenvalue weighted by Crippen LogP contribution is -2.11. The summed E-state index contributed by atoms with van der Waals surface area (Å²) < 4.78 is 0. The lowest BCUT2D eigenvalue weighted by Gasteiger charge is -2.20. The third-order valence-electron chi connectivity index (χ3n) is 4.32. The Labute approximate surface area is 131 Å². The number of rotatable bonds is 5. The number of fused-ring (bicyclic) bond motifs is 1. The highest BCUT2D eigenvalue weighted by atomic mass is 32.1. The molecule has 0 amide bonds. The second-order valence-corrected chi connectivity index (χ2v) is 7.09. The Balaban J connectivity index is 2.00. The molecule has 1 saturated carbocycles. The Hall–Kier alpha value is -1.16. The van der Waals surface area contributed by atoms with Gasteiger partial charge >= 0.3 is 0 Å². The fourth-order valence-electron chi connectivity index (χ4n) is 3.08. The summed E-state index contributed by atoms with van der Waals surface area (Å²) in [7, 11) is 0. The number of thiophene rings is 1. The maximum Gasteiger partial charge on any atom is 0.138 e. The average molecular weight is 303 g/mol. The van der Waals surface area contributed by atoms with Gasteiger partial charge in [-0.05, 0) is 31.7 Å². The van der Waals surface area contributed by atoms with E-state index >= 15 is 0 Å². The molecule has 0 aliphatic heterocycles. The summed E-state index contributed by atoms with van der Waals surface area (Å²) in [4.78, 5) is 12.4. The molecule has 2 heterocycles. The fraction of sp³-hybridized carbons (Fsp3) is 0.647. The molecule has 2 aromatic rings. The van der Waals surface area contributed by atoms with E-state index in [0.717, 1.165) is 31.0 Å². The van der Waals surface area contributed by atoms with Crippen LogP contribution in [0.1, 0.15) is 69.0 Å². The molecule has 0 bridgehead atoms. The van der Waals surface area contributed by atoms with Gasteiger partial charge in [0.05, 0.1) is 5.39 Å². The quantitative estimate of drug-likeness (QED) is 0.832. The monoisotopic (exact) mass is 303 g/mol. The predicted octanol–water partition coefficient (Wildman–Crippen LogP) is 5.12. The Morgan fingerprint density at radius 2 is 2.00 bits per heavy atom. The van der Waals surface area contributed by atoms with Gasteiger partial charge in [-0.3, -0.25) is 0 Å². The number of aromatic nitrogens is 2. The molecule has 21 heavy (non-hydrogen) atoms. The highest BCUT2D eigenvalue weighted by molar-refractivity contribution is 7.18. The van der Waals surface area contributed by atoms with Crippen LogP contribution >= 0.6 is 11.3 Å². The summed E-state index contributed by atoms with van der Waals surface area (Å²) in [6.07, 6.45) is 8.74. The molecule has 1 aliphatic rings. The molecule has 0 atom stereocenters. The molecule has 3 rings (SSSR count). The van der Waals surface area contributed by atoms with Gasteiger partial charge in [0.15, 0.2) is 0 Å². The minimum absolute atomic E-state index is 0.567. The van der Waals surface area contributed by atoms with Crippen LogP contribution in [-0.2, 0) is 6.42 Å². The van der Waals surface area contributed by atoms with Gasteiger partial charge in [-0.1, -0.05) is 33.1 Å². The number of nitrogens with zero attached hydrogens (tertiary/aromatic N) is 2. The van der Waals surface area contributed by atoms with Crippen molar-refractivity contribution in [3.63, 3.8) is 0 Å². The lowest BCUT2D eigenvalue weighted by molar-refractivity contribution is 0.430. The number of nitrogens with one attached hydrogen (secondary N) is 1. The van der Waals surface area contributed by atoms with Crippen LogP contribution in [0.5, 0.6) is 0 Å². The topological polar surface area (TPSA) is 37.8 Å². The van der Waals surface area contributed by atoms with E-state index in [-0.39, 0.29) is 0 Å². The molecule has 0 unspecified atom stereocenters. The summed E-state index contributed by atoms with van der Waals surface area (Å²) in [6, 6.07) is 2.27. The maximum atomic E-state index is 4.90. The van der Waals surface area contributed by atoms with Crippen molar-refractivity contribution in [2.75, 3.05) is 11.9 Å². The molecular formula is C17H25N3S.